The maximum atomic E-state index is 2.47. The zero-order valence-corrected chi connectivity index (χ0v) is 25.0. The summed E-state index contributed by atoms with van der Waals surface area (Å²) in [6.45, 7) is 22.2. The van der Waals surface area contributed by atoms with Crippen LogP contribution in [0.5, 0.6) is 0 Å². The fourth-order valence-corrected chi connectivity index (χ4v) is 17.2. The van der Waals surface area contributed by atoms with Crippen LogP contribution >= 0.6 is 41.9 Å². The van der Waals surface area contributed by atoms with Crippen molar-refractivity contribution in [2.45, 2.75) is 58.9 Å². The fourth-order valence-electron chi connectivity index (χ4n) is 2.88. The van der Waals surface area contributed by atoms with Crippen LogP contribution in [0.25, 0.3) is 0 Å². The average molecular weight is 497 g/mol. The van der Waals surface area contributed by atoms with E-state index in [1.165, 1.54) is 0 Å². The molecule has 0 aliphatic heterocycles. The first kappa shape index (κ1) is 22.9. The minimum atomic E-state index is -1.26. The van der Waals surface area contributed by atoms with E-state index < -0.39 is 32.1 Å². The lowest BCUT2D eigenvalue weighted by Gasteiger charge is -2.17. The molecule has 0 aliphatic rings. The van der Waals surface area contributed by atoms with Crippen LogP contribution in [0.3, 0.4) is 0 Å². The molecular weight excluding hydrogens is 464 g/mol. The van der Waals surface area contributed by atoms with Gasteiger partial charge >= 0.3 is 0 Å². The van der Waals surface area contributed by atoms with Gasteiger partial charge in [0.2, 0.25) is 0 Å². The fraction of sp³-hybridized carbons (Fsp3) is 0.429. The van der Waals surface area contributed by atoms with Gasteiger partial charge in [-0.25, -0.2) is 0 Å². The molecule has 0 spiro atoms. The first-order chi connectivity index (χ1) is 12.8. The first-order valence-electron chi connectivity index (χ1n) is 9.88. The molecule has 0 N–H and O–H groups in total. The summed E-state index contributed by atoms with van der Waals surface area (Å²) in [5.41, 5.74) is 0. The molecule has 0 atom stereocenters. The van der Waals surface area contributed by atoms with Crippen molar-refractivity contribution in [1.29, 1.82) is 0 Å². The molecule has 28 heavy (non-hydrogen) atoms. The van der Waals surface area contributed by atoms with Gasteiger partial charge in [-0.3, -0.25) is 0 Å². The molecule has 7 heteroatoms. The zero-order chi connectivity index (χ0) is 20.9. The van der Waals surface area contributed by atoms with Crippen LogP contribution in [0.4, 0.5) is 0 Å². The van der Waals surface area contributed by atoms with E-state index in [9.17, 15) is 0 Å². The highest BCUT2D eigenvalue weighted by Crippen LogP contribution is 2.38. The molecule has 0 nitrogen and oxygen atoms in total. The van der Waals surface area contributed by atoms with Crippen LogP contribution in [0.2, 0.25) is 58.9 Å². The predicted molar refractivity (Wildman–Crippen MR) is 148 cm³/mol. The van der Waals surface area contributed by atoms with Gasteiger partial charge < -0.3 is 0 Å². The summed E-state index contributed by atoms with van der Waals surface area (Å²) in [7, 11) is -4.18. The Labute approximate surface area is 187 Å². The molecule has 0 saturated heterocycles. The molecule has 3 heterocycles. The Morgan fingerprint density at radius 3 is 0.893 bits per heavy atom. The Morgan fingerprint density at radius 1 is 0.464 bits per heavy atom. The lowest BCUT2D eigenvalue weighted by atomic mass is 10.7. The molecule has 0 fully saturated rings. The predicted octanol–water partition coefficient (Wildman–Crippen LogP) is 5.26. The van der Waals surface area contributed by atoms with Crippen LogP contribution in [0, 0.1) is 0 Å². The largest absolute Gasteiger partial charge is 0.144 e. The van der Waals surface area contributed by atoms with Crippen molar-refractivity contribution in [2.24, 2.45) is 0 Å². The number of rotatable bonds is 6. The number of thiophene rings is 3. The van der Waals surface area contributed by atoms with Crippen molar-refractivity contribution in [1.82, 2.24) is 0 Å². The number of hydrogen-bond donors (Lipinski definition) is 0. The Hall–Kier alpha value is 0.181. The third kappa shape index (κ3) is 5.08. The third-order valence-electron chi connectivity index (χ3n) is 4.65. The smallest absolute Gasteiger partial charge is 0.0904 e. The van der Waals surface area contributed by atoms with Gasteiger partial charge in [0.1, 0.15) is 0 Å². The molecule has 0 amide bonds. The molecular formula is C21H33PS3Si3. The van der Waals surface area contributed by atoms with Gasteiger partial charge in [0.25, 0.3) is 0 Å². The second kappa shape index (κ2) is 8.03. The van der Waals surface area contributed by atoms with E-state index in [0.717, 1.165) is 0 Å². The molecule has 0 saturated carbocycles. The molecule has 3 aromatic rings. The number of hydrogen-bond acceptors (Lipinski definition) is 3. The molecule has 3 rings (SSSR count). The lowest BCUT2D eigenvalue weighted by molar-refractivity contribution is 1.79. The van der Waals surface area contributed by atoms with Crippen molar-refractivity contribution in [2.75, 3.05) is 0 Å². The quantitative estimate of drug-likeness (QED) is 0.322. The summed E-state index contributed by atoms with van der Waals surface area (Å²) in [6, 6.07) is 14.6. The summed E-state index contributed by atoms with van der Waals surface area (Å²) in [5, 5.41) is 0. The Kier molecular flexibility index (Phi) is 6.55. The molecule has 0 bridgehead atoms. The second-order valence-electron chi connectivity index (χ2n) is 10.5. The van der Waals surface area contributed by atoms with E-state index >= 15 is 0 Å². The highest BCUT2D eigenvalue weighted by atomic mass is 32.1. The van der Waals surface area contributed by atoms with E-state index in [1.54, 1.807) is 27.4 Å². The Bertz CT molecular complexity index is 824. The topological polar surface area (TPSA) is 0 Å². The van der Waals surface area contributed by atoms with Gasteiger partial charge in [-0.15, -0.1) is 34.0 Å². The molecule has 0 unspecified atom stereocenters. The zero-order valence-electron chi connectivity index (χ0n) is 18.6. The average Bonchev–Trinajstić information content (AvgIpc) is 3.26. The van der Waals surface area contributed by atoms with Gasteiger partial charge in [0, 0.05) is 21.8 Å². The van der Waals surface area contributed by atoms with E-state index in [4.69, 9.17) is 0 Å². The van der Waals surface area contributed by atoms with Gasteiger partial charge in [0.15, 0.2) is 0 Å². The normalized spacial score (nSPS) is 13.5. The van der Waals surface area contributed by atoms with Crippen LogP contribution in [-0.2, 0) is 0 Å². The maximum Gasteiger partial charge on any atom is 0.0904 e. The summed E-state index contributed by atoms with van der Waals surface area (Å²) < 4.78 is 9.71. The van der Waals surface area contributed by atoms with Gasteiger partial charge in [-0.05, 0) is 31.7 Å². The van der Waals surface area contributed by atoms with E-state index in [1.807, 2.05) is 0 Å². The first-order valence-corrected chi connectivity index (χ1v) is 24.2. The van der Waals surface area contributed by atoms with Gasteiger partial charge in [0.05, 0.1) is 24.2 Å². The summed E-state index contributed by atoms with van der Waals surface area (Å²) in [4.78, 5) is 0. The van der Waals surface area contributed by atoms with Gasteiger partial charge in [-0.1, -0.05) is 77.1 Å². The van der Waals surface area contributed by atoms with Crippen molar-refractivity contribution in [3.05, 3.63) is 36.4 Å². The molecule has 0 radical (unpaired) electrons. The van der Waals surface area contributed by atoms with Crippen molar-refractivity contribution in [3.63, 3.8) is 0 Å². The monoisotopic (exact) mass is 496 g/mol. The van der Waals surface area contributed by atoms with E-state index in [2.05, 4.69) is 129 Å². The molecule has 0 aliphatic carbocycles. The minimum Gasteiger partial charge on any atom is -0.144 e. The van der Waals surface area contributed by atoms with Crippen LogP contribution in [0.15, 0.2) is 36.4 Å². The Balaban J connectivity index is 2.10. The summed E-state index contributed by atoms with van der Waals surface area (Å²) in [6.07, 6.45) is 0. The van der Waals surface area contributed by atoms with Crippen molar-refractivity contribution in [3.8, 4) is 0 Å². The highest BCUT2D eigenvalue weighted by Gasteiger charge is 2.29. The van der Waals surface area contributed by atoms with Crippen molar-refractivity contribution >= 4 is 93.5 Å². The standard InChI is InChI=1S/C21H33PS3Si3/c1-26(2,3)19-13-10-16(23-19)22(17-11-14-20(24-17)27(4,5)6)18-12-15-21(25-18)28(7,8)9/h10-15H,1-9H3. The maximum absolute atomic E-state index is 2.47. The lowest BCUT2D eigenvalue weighted by Crippen LogP contribution is -2.35. The van der Waals surface area contributed by atoms with Crippen LogP contribution in [-0.4, -0.2) is 24.2 Å². The van der Waals surface area contributed by atoms with E-state index in [-0.39, 0.29) is 0 Å². The van der Waals surface area contributed by atoms with Crippen molar-refractivity contribution < 1.29 is 0 Å². The van der Waals surface area contributed by atoms with Gasteiger partial charge in [-0.2, -0.15) is 0 Å². The van der Waals surface area contributed by atoms with Crippen LogP contribution in [0.1, 0.15) is 0 Å². The second-order valence-corrected chi connectivity index (χ2v) is 33.0. The minimum absolute atomic E-state index is 0.403. The molecule has 3 aromatic heterocycles. The Morgan fingerprint density at radius 2 is 0.714 bits per heavy atom. The van der Waals surface area contributed by atoms with Crippen LogP contribution < -0.4 is 27.4 Å². The summed E-state index contributed by atoms with van der Waals surface area (Å²) >= 11 is 6.29. The highest BCUT2D eigenvalue weighted by molar-refractivity contribution is 7.91. The molecule has 0 aromatic carbocycles. The van der Waals surface area contributed by atoms with E-state index in [0.29, 0.717) is 0 Å². The molecule has 152 valence electrons. The third-order valence-corrected chi connectivity index (χ3v) is 22.4. The summed E-state index contributed by atoms with van der Waals surface area (Å²) in [5.74, 6) is 0. The SMILES string of the molecule is C[Si](C)(C)c1ccc(P(c2ccc([Si](C)(C)C)s2)c2ccc([Si](C)(C)C)s2)s1.